The van der Waals surface area contributed by atoms with Gasteiger partial charge in [-0.3, -0.25) is 35.2 Å². The van der Waals surface area contributed by atoms with Crippen molar-refractivity contribution in [1.82, 2.24) is 16.2 Å². The summed E-state index contributed by atoms with van der Waals surface area (Å²) in [6, 6.07) is 3.24. The Kier molecular flexibility index (Phi) is 7.63. The first-order valence-electron chi connectivity index (χ1n) is 9.20. The summed E-state index contributed by atoms with van der Waals surface area (Å²) in [5.41, 5.74) is 4.18. The Morgan fingerprint density at radius 2 is 1.72 bits per heavy atom. The molecule has 3 N–H and O–H groups in total. The highest BCUT2D eigenvalue weighted by Crippen LogP contribution is 2.25. The van der Waals surface area contributed by atoms with E-state index in [-0.39, 0.29) is 36.1 Å². The van der Waals surface area contributed by atoms with Crippen molar-refractivity contribution in [3.63, 3.8) is 0 Å². The number of carbonyl (C=O) groups is 2. The molecule has 1 aromatic rings. The molecule has 1 aliphatic rings. The third-order valence-electron chi connectivity index (χ3n) is 4.55. The highest BCUT2D eigenvalue weighted by atomic mass is 16.6. The minimum Gasteiger partial charge on any atom is -0.353 e. The van der Waals surface area contributed by atoms with E-state index in [0.29, 0.717) is 0 Å². The van der Waals surface area contributed by atoms with Crippen LogP contribution < -0.4 is 16.2 Å². The number of carbonyl (C=O) groups excluding carboxylic acids is 2. The van der Waals surface area contributed by atoms with Crippen molar-refractivity contribution in [1.29, 1.82) is 0 Å². The average molecular weight is 405 g/mol. The standard InChI is InChI=1S/C18H23N5O6/c1-12(9-17(24)19-14-5-3-2-4-6-14)20-21-18(25)10-13-7-8-15(22(26)27)11-16(13)23(28)29/h7-8,11,14,20H,1-6,9-10H2,(H,19,24)(H,21,25). The Balaban J connectivity index is 1.83. The van der Waals surface area contributed by atoms with Crippen LogP contribution in [-0.4, -0.2) is 27.7 Å². The van der Waals surface area contributed by atoms with Crippen LogP contribution in [0.15, 0.2) is 30.5 Å². The van der Waals surface area contributed by atoms with Crippen molar-refractivity contribution in [2.24, 2.45) is 0 Å². The first-order chi connectivity index (χ1) is 13.8. The van der Waals surface area contributed by atoms with Crippen LogP contribution in [0.1, 0.15) is 44.1 Å². The highest BCUT2D eigenvalue weighted by Gasteiger charge is 2.21. The van der Waals surface area contributed by atoms with E-state index < -0.39 is 27.1 Å². The fraction of sp³-hybridized carbons (Fsp3) is 0.444. The molecule has 11 heteroatoms. The van der Waals surface area contributed by atoms with E-state index >= 15 is 0 Å². The lowest BCUT2D eigenvalue weighted by Crippen LogP contribution is -2.40. The Morgan fingerprint density at radius 1 is 1.03 bits per heavy atom. The molecule has 1 fully saturated rings. The molecule has 0 saturated heterocycles. The monoisotopic (exact) mass is 405 g/mol. The van der Waals surface area contributed by atoms with E-state index in [4.69, 9.17) is 0 Å². The van der Waals surface area contributed by atoms with E-state index in [1.807, 2.05) is 0 Å². The summed E-state index contributed by atoms with van der Waals surface area (Å²) in [7, 11) is 0. The summed E-state index contributed by atoms with van der Waals surface area (Å²) < 4.78 is 0. The number of nitro groups is 2. The number of nitrogens with one attached hydrogen (secondary N) is 3. The van der Waals surface area contributed by atoms with Gasteiger partial charge in [-0.1, -0.05) is 25.8 Å². The van der Waals surface area contributed by atoms with Crippen LogP contribution in [0, 0.1) is 20.2 Å². The molecule has 0 aromatic heterocycles. The topological polar surface area (TPSA) is 157 Å². The maximum atomic E-state index is 12.0. The van der Waals surface area contributed by atoms with Crippen molar-refractivity contribution in [3.8, 4) is 0 Å². The first kappa shape index (κ1) is 21.8. The molecule has 11 nitrogen and oxygen atoms in total. The van der Waals surface area contributed by atoms with E-state index in [1.54, 1.807) is 0 Å². The molecule has 0 aliphatic heterocycles. The molecule has 0 spiro atoms. The number of nitrogens with zero attached hydrogens (tertiary/aromatic N) is 2. The molecule has 0 bridgehead atoms. The van der Waals surface area contributed by atoms with Gasteiger partial charge in [0.15, 0.2) is 0 Å². The van der Waals surface area contributed by atoms with Gasteiger partial charge in [0.1, 0.15) is 0 Å². The normalized spacial score (nSPS) is 13.9. The number of amides is 2. The smallest absolute Gasteiger partial charge is 0.279 e. The summed E-state index contributed by atoms with van der Waals surface area (Å²) in [6.07, 6.45) is 4.88. The van der Waals surface area contributed by atoms with Gasteiger partial charge in [0.25, 0.3) is 11.4 Å². The van der Waals surface area contributed by atoms with E-state index in [1.165, 1.54) is 12.5 Å². The lowest BCUT2D eigenvalue weighted by atomic mass is 9.95. The zero-order valence-electron chi connectivity index (χ0n) is 15.8. The van der Waals surface area contributed by atoms with Crippen LogP contribution >= 0.6 is 0 Å². The van der Waals surface area contributed by atoms with Gasteiger partial charge in [0.05, 0.1) is 28.8 Å². The van der Waals surface area contributed by atoms with Gasteiger partial charge in [-0.05, 0) is 18.9 Å². The number of hydrazine groups is 1. The first-order valence-corrected chi connectivity index (χ1v) is 9.20. The molecule has 0 atom stereocenters. The lowest BCUT2D eigenvalue weighted by molar-refractivity contribution is -0.394. The summed E-state index contributed by atoms with van der Waals surface area (Å²) in [4.78, 5) is 44.4. The van der Waals surface area contributed by atoms with E-state index in [2.05, 4.69) is 22.7 Å². The summed E-state index contributed by atoms with van der Waals surface area (Å²) in [5.74, 6) is -0.814. The van der Waals surface area contributed by atoms with Gasteiger partial charge in [-0.25, -0.2) is 0 Å². The molecule has 2 amide bonds. The Hall–Kier alpha value is -3.50. The number of benzene rings is 1. The summed E-state index contributed by atoms with van der Waals surface area (Å²) in [6.45, 7) is 3.67. The van der Waals surface area contributed by atoms with Crippen LogP contribution in [-0.2, 0) is 16.0 Å². The quantitative estimate of drug-likeness (QED) is 0.419. The molecule has 0 unspecified atom stereocenters. The van der Waals surface area contributed by atoms with Gasteiger partial charge in [0, 0.05) is 23.4 Å². The van der Waals surface area contributed by atoms with Gasteiger partial charge < -0.3 is 10.7 Å². The van der Waals surface area contributed by atoms with Gasteiger partial charge >= 0.3 is 0 Å². The maximum absolute atomic E-state index is 12.0. The van der Waals surface area contributed by atoms with E-state index in [0.717, 1.165) is 37.8 Å². The number of nitro benzene ring substituents is 2. The van der Waals surface area contributed by atoms with Crippen LogP contribution in [0.25, 0.3) is 0 Å². The molecule has 1 aliphatic carbocycles. The van der Waals surface area contributed by atoms with Gasteiger partial charge in [-0.15, -0.1) is 0 Å². The van der Waals surface area contributed by atoms with Crippen molar-refractivity contribution < 1.29 is 19.4 Å². The maximum Gasteiger partial charge on any atom is 0.279 e. The van der Waals surface area contributed by atoms with Crippen LogP contribution in [0.3, 0.4) is 0 Å². The summed E-state index contributed by atoms with van der Waals surface area (Å²) >= 11 is 0. The molecule has 0 radical (unpaired) electrons. The number of non-ortho nitro benzene ring substituents is 1. The number of hydrogen-bond acceptors (Lipinski definition) is 7. The minimum atomic E-state index is -0.780. The van der Waals surface area contributed by atoms with Crippen molar-refractivity contribution in [2.75, 3.05) is 0 Å². The second-order valence-corrected chi connectivity index (χ2v) is 6.86. The lowest BCUT2D eigenvalue weighted by Gasteiger charge is -2.23. The highest BCUT2D eigenvalue weighted by molar-refractivity contribution is 5.80. The van der Waals surface area contributed by atoms with Crippen LogP contribution in [0.4, 0.5) is 11.4 Å². The number of hydrogen-bond donors (Lipinski definition) is 3. The Morgan fingerprint density at radius 3 is 2.34 bits per heavy atom. The SMILES string of the molecule is C=C(CC(=O)NC1CCCCC1)NNC(=O)Cc1ccc([N+](=O)[O-])cc1[N+](=O)[O-]. The second-order valence-electron chi connectivity index (χ2n) is 6.86. The average Bonchev–Trinajstić information content (AvgIpc) is 2.67. The van der Waals surface area contributed by atoms with Gasteiger partial charge in [-0.2, -0.15) is 0 Å². The molecular formula is C18H23N5O6. The third kappa shape index (κ3) is 6.87. The molecular weight excluding hydrogens is 382 g/mol. The number of rotatable bonds is 9. The molecule has 1 saturated carbocycles. The van der Waals surface area contributed by atoms with Crippen molar-refractivity contribution >= 4 is 23.2 Å². The predicted molar refractivity (Wildman–Crippen MR) is 104 cm³/mol. The molecule has 0 heterocycles. The molecule has 2 rings (SSSR count). The second kappa shape index (κ2) is 10.2. The largest absolute Gasteiger partial charge is 0.353 e. The molecule has 1 aromatic carbocycles. The van der Waals surface area contributed by atoms with E-state index in [9.17, 15) is 29.8 Å². The van der Waals surface area contributed by atoms with Crippen molar-refractivity contribution in [2.45, 2.75) is 51.0 Å². The van der Waals surface area contributed by atoms with Crippen LogP contribution in [0.5, 0.6) is 0 Å². The zero-order chi connectivity index (χ0) is 21.4. The summed E-state index contributed by atoms with van der Waals surface area (Å²) in [5, 5.41) is 24.8. The minimum absolute atomic E-state index is 0.0194. The van der Waals surface area contributed by atoms with Gasteiger partial charge in [0.2, 0.25) is 11.8 Å². The fourth-order valence-electron chi connectivity index (χ4n) is 3.12. The molecule has 156 valence electrons. The molecule has 29 heavy (non-hydrogen) atoms. The zero-order valence-corrected chi connectivity index (χ0v) is 15.8. The fourth-order valence-corrected chi connectivity index (χ4v) is 3.12. The predicted octanol–water partition coefficient (Wildman–Crippen LogP) is 2.02. The Labute approximate surface area is 166 Å². The third-order valence-corrected chi connectivity index (χ3v) is 4.55. The Bertz CT molecular complexity index is 819. The van der Waals surface area contributed by atoms with Crippen LogP contribution in [0.2, 0.25) is 0 Å². The van der Waals surface area contributed by atoms with Crippen molar-refractivity contribution in [3.05, 3.63) is 56.3 Å².